The zero-order valence-corrected chi connectivity index (χ0v) is 8.93. The lowest BCUT2D eigenvalue weighted by Gasteiger charge is -2.02. The van der Waals surface area contributed by atoms with Crippen LogP contribution in [0.2, 0.25) is 0 Å². The number of aromatic nitrogens is 2. The maximum absolute atomic E-state index is 11.3. The molecule has 0 spiro atoms. The third-order valence-corrected chi connectivity index (χ3v) is 3.74. The highest BCUT2D eigenvalue weighted by molar-refractivity contribution is 7.90. The van der Waals surface area contributed by atoms with Gasteiger partial charge in [0.2, 0.25) is 0 Å². The van der Waals surface area contributed by atoms with Crippen LogP contribution in [-0.2, 0) is 22.6 Å². The summed E-state index contributed by atoms with van der Waals surface area (Å²) in [5.41, 5.74) is 0.749. The Labute approximate surface area is 78.5 Å². The van der Waals surface area contributed by atoms with Crippen molar-refractivity contribution < 1.29 is 8.42 Å². The summed E-state index contributed by atoms with van der Waals surface area (Å²) in [6, 6.07) is 0. The quantitative estimate of drug-likeness (QED) is 0.723. The van der Waals surface area contributed by atoms with Crippen molar-refractivity contribution in [3.05, 3.63) is 17.7 Å². The van der Waals surface area contributed by atoms with Gasteiger partial charge in [-0.25, -0.2) is 13.4 Å². The Morgan fingerprint density at radius 3 is 2.54 bits per heavy atom. The van der Waals surface area contributed by atoms with E-state index < -0.39 is 9.84 Å². The van der Waals surface area contributed by atoms with Gasteiger partial charge >= 0.3 is 0 Å². The van der Waals surface area contributed by atoms with E-state index in [-0.39, 0.29) is 11.5 Å². The van der Waals surface area contributed by atoms with Crippen LogP contribution < -0.4 is 0 Å². The highest BCUT2D eigenvalue weighted by Crippen LogP contribution is 2.07. The van der Waals surface area contributed by atoms with Gasteiger partial charge in [0.25, 0.3) is 0 Å². The largest absolute Gasteiger partial charge is 0.334 e. The summed E-state index contributed by atoms with van der Waals surface area (Å²) in [5, 5.41) is 0. The fraction of sp³-hybridized carbons (Fsp3) is 0.625. The molecule has 13 heavy (non-hydrogen) atoms. The molecule has 0 atom stereocenters. The highest BCUT2D eigenvalue weighted by Gasteiger charge is 2.12. The van der Waals surface area contributed by atoms with Gasteiger partial charge in [0, 0.05) is 19.0 Å². The maximum Gasteiger partial charge on any atom is 0.155 e. The first kappa shape index (κ1) is 10.2. The smallest absolute Gasteiger partial charge is 0.155 e. The Kier molecular flexibility index (Phi) is 2.75. The van der Waals surface area contributed by atoms with Crippen molar-refractivity contribution in [3.8, 4) is 0 Å². The number of nitrogens with zero attached hydrogens (tertiary/aromatic N) is 2. The molecule has 0 saturated heterocycles. The molecule has 0 saturated carbocycles. The molecule has 0 aliphatic carbocycles. The van der Waals surface area contributed by atoms with Crippen LogP contribution in [0.1, 0.15) is 18.4 Å². The molecule has 4 nitrogen and oxygen atoms in total. The SMILES string of the molecule is CCS(=O)(=O)Cc1cnc(C)n1C. The van der Waals surface area contributed by atoms with Crippen LogP contribution in [0.3, 0.4) is 0 Å². The number of imidazole rings is 1. The number of hydrogen-bond donors (Lipinski definition) is 0. The number of sulfone groups is 1. The van der Waals surface area contributed by atoms with E-state index in [1.165, 1.54) is 0 Å². The molecule has 0 aliphatic heterocycles. The fourth-order valence-corrected chi connectivity index (χ4v) is 1.93. The molecule has 0 radical (unpaired) electrons. The van der Waals surface area contributed by atoms with Gasteiger partial charge in [-0.2, -0.15) is 0 Å². The minimum absolute atomic E-state index is 0.0842. The van der Waals surface area contributed by atoms with Crippen LogP contribution in [-0.4, -0.2) is 23.7 Å². The summed E-state index contributed by atoms with van der Waals surface area (Å²) < 4.78 is 24.4. The molecule has 5 heteroatoms. The molecule has 1 aromatic rings. The predicted octanol–water partition coefficient (Wildman–Crippen LogP) is 0.663. The van der Waals surface area contributed by atoms with Crippen molar-refractivity contribution in [2.24, 2.45) is 7.05 Å². The summed E-state index contributed by atoms with van der Waals surface area (Å²) in [5.74, 6) is 1.10. The summed E-state index contributed by atoms with van der Waals surface area (Å²) in [7, 11) is -1.12. The average molecular weight is 202 g/mol. The Balaban J connectivity index is 2.93. The normalized spacial score (nSPS) is 11.9. The summed E-state index contributed by atoms with van der Waals surface area (Å²) in [6.45, 7) is 3.50. The molecule has 74 valence electrons. The minimum atomic E-state index is -2.94. The molecule has 0 N–H and O–H groups in total. The molecule has 0 amide bonds. The molecule has 0 unspecified atom stereocenters. The second-order valence-electron chi connectivity index (χ2n) is 3.03. The lowest BCUT2D eigenvalue weighted by atomic mass is 10.5. The molecule has 0 fully saturated rings. The molecule has 1 heterocycles. The number of rotatable bonds is 3. The van der Waals surface area contributed by atoms with Crippen molar-refractivity contribution in [2.75, 3.05) is 5.75 Å². The average Bonchev–Trinajstić information content (AvgIpc) is 2.36. The molecule has 0 bridgehead atoms. The first-order valence-corrected chi connectivity index (χ1v) is 5.96. The first-order chi connectivity index (χ1) is 5.96. The molecule has 1 aromatic heterocycles. The molecule has 0 aliphatic rings. The topological polar surface area (TPSA) is 52.0 Å². The van der Waals surface area contributed by atoms with Gasteiger partial charge in [-0.15, -0.1) is 0 Å². The fourth-order valence-electron chi connectivity index (χ4n) is 1.01. The molecular weight excluding hydrogens is 188 g/mol. The summed E-state index contributed by atoms with van der Waals surface area (Å²) in [4.78, 5) is 4.03. The molecular formula is C8H14N2O2S. The Morgan fingerprint density at radius 2 is 2.15 bits per heavy atom. The zero-order valence-electron chi connectivity index (χ0n) is 8.11. The second kappa shape index (κ2) is 3.49. The Hall–Kier alpha value is -0.840. The van der Waals surface area contributed by atoms with Crippen molar-refractivity contribution in [1.82, 2.24) is 9.55 Å². The third kappa shape index (κ3) is 2.30. The Bertz CT molecular complexity index is 392. The van der Waals surface area contributed by atoms with Crippen LogP contribution in [0.25, 0.3) is 0 Å². The van der Waals surface area contributed by atoms with Crippen LogP contribution >= 0.6 is 0 Å². The Morgan fingerprint density at radius 1 is 1.54 bits per heavy atom. The van der Waals surface area contributed by atoms with Gasteiger partial charge in [-0.1, -0.05) is 6.92 Å². The summed E-state index contributed by atoms with van der Waals surface area (Å²) in [6.07, 6.45) is 1.61. The number of hydrogen-bond acceptors (Lipinski definition) is 3. The lowest BCUT2D eigenvalue weighted by Crippen LogP contribution is -2.09. The first-order valence-electron chi connectivity index (χ1n) is 4.14. The van der Waals surface area contributed by atoms with Crippen LogP contribution in [0.4, 0.5) is 0 Å². The van der Waals surface area contributed by atoms with Gasteiger partial charge in [0.05, 0.1) is 11.4 Å². The van der Waals surface area contributed by atoms with Crippen LogP contribution in [0, 0.1) is 6.92 Å². The van der Waals surface area contributed by atoms with E-state index >= 15 is 0 Å². The van der Waals surface area contributed by atoms with Crippen molar-refractivity contribution >= 4 is 9.84 Å². The van der Waals surface area contributed by atoms with Crippen LogP contribution in [0.15, 0.2) is 6.20 Å². The number of aryl methyl sites for hydroxylation is 1. The zero-order chi connectivity index (χ0) is 10.1. The van der Waals surface area contributed by atoms with Gasteiger partial charge in [0.1, 0.15) is 5.82 Å². The van der Waals surface area contributed by atoms with E-state index in [2.05, 4.69) is 4.98 Å². The minimum Gasteiger partial charge on any atom is -0.334 e. The summed E-state index contributed by atoms with van der Waals surface area (Å²) >= 11 is 0. The van der Waals surface area contributed by atoms with E-state index in [1.54, 1.807) is 17.7 Å². The van der Waals surface area contributed by atoms with E-state index in [1.807, 2.05) is 14.0 Å². The predicted molar refractivity (Wildman–Crippen MR) is 51.1 cm³/mol. The van der Waals surface area contributed by atoms with Gasteiger partial charge in [0.15, 0.2) is 9.84 Å². The van der Waals surface area contributed by atoms with E-state index in [4.69, 9.17) is 0 Å². The standard InChI is InChI=1S/C8H14N2O2S/c1-4-13(11,12)6-8-5-9-7(2)10(8)3/h5H,4,6H2,1-3H3. The van der Waals surface area contributed by atoms with E-state index in [0.717, 1.165) is 11.5 Å². The third-order valence-electron chi connectivity index (χ3n) is 2.12. The lowest BCUT2D eigenvalue weighted by molar-refractivity contribution is 0.594. The van der Waals surface area contributed by atoms with Gasteiger partial charge < -0.3 is 4.57 Å². The molecule has 1 rings (SSSR count). The van der Waals surface area contributed by atoms with Gasteiger partial charge in [-0.05, 0) is 6.92 Å². The van der Waals surface area contributed by atoms with Crippen molar-refractivity contribution in [2.45, 2.75) is 19.6 Å². The van der Waals surface area contributed by atoms with Gasteiger partial charge in [-0.3, -0.25) is 0 Å². The highest BCUT2D eigenvalue weighted by atomic mass is 32.2. The molecule has 0 aromatic carbocycles. The maximum atomic E-state index is 11.3. The van der Waals surface area contributed by atoms with Crippen molar-refractivity contribution in [3.63, 3.8) is 0 Å². The van der Waals surface area contributed by atoms with Crippen LogP contribution in [0.5, 0.6) is 0 Å². The van der Waals surface area contributed by atoms with E-state index in [9.17, 15) is 8.42 Å². The second-order valence-corrected chi connectivity index (χ2v) is 5.39. The monoisotopic (exact) mass is 202 g/mol. The van der Waals surface area contributed by atoms with E-state index in [0.29, 0.717) is 0 Å². The van der Waals surface area contributed by atoms with Crippen molar-refractivity contribution in [1.29, 1.82) is 0 Å².